The van der Waals surface area contributed by atoms with E-state index in [0.717, 1.165) is 25.3 Å². The van der Waals surface area contributed by atoms with Gasteiger partial charge >= 0.3 is 59.5 Å². The normalized spacial score (nSPS) is 20.1. The molecule has 0 aromatic carbocycles. The summed E-state index contributed by atoms with van der Waals surface area (Å²) >= 11 is 0. The SMILES string of the molecule is C=CC(=O)OCCOC(=O)CC1CC(C)(C)CC(C)(CNC(=O)OCC(CCC[Si](C)(O[Si](C)(C)C)O[Si](C)(C)C)(CCC[Si](C)(O[Si](C)(C)C)O[Si](C)(C)C)COC(=O)NC2CC(C)(C)CC(C)(CCC(=O)OCCCOC(=O)OCCCOC(=O)OCCCOC)C2)C1. The predicted molar refractivity (Wildman–Crippen MR) is 381 cm³/mol. The van der Waals surface area contributed by atoms with E-state index >= 15 is 0 Å². The van der Waals surface area contributed by atoms with Crippen LogP contribution in [0.25, 0.3) is 0 Å². The van der Waals surface area contributed by atoms with Crippen LogP contribution in [0.1, 0.15) is 144 Å². The van der Waals surface area contributed by atoms with Gasteiger partial charge in [0, 0.05) is 69.9 Å². The summed E-state index contributed by atoms with van der Waals surface area (Å²) in [5.74, 6) is -1.36. The number of amides is 2. The van der Waals surface area contributed by atoms with Gasteiger partial charge in [0.1, 0.15) is 26.4 Å². The van der Waals surface area contributed by atoms with Crippen LogP contribution >= 0.6 is 0 Å². The second kappa shape index (κ2) is 39.4. The van der Waals surface area contributed by atoms with Gasteiger partial charge < -0.3 is 74.5 Å². The largest absolute Gasteiger partial charge is 0.508 e. The maximum Gasteiger partial charge on any atom is 0.508 e. The first-order valence-electron chi connectivity index (χ1n) is 34.4. The summed E-state index contributed by atoms with van der Waals surface area (Å²) in [5, 5.41) is 6.36. The monoisotopic (exact) mass is 1450 g/mol. The van der Waals surface area contributed by atoms with Gasteiger partial charge in [0.25, 0.3) is 0 Å². The average molecular weight is 1450 g/mol. The van der Waals surface area contributed by atoms with E-state index in [0.29, 0.717) is 83.0 Å². The van der Waals surface area contributed by atoms with Crippen molar-refractivity contribution in [2.24, 2.45) is 33.0 Å². The van der Waals surface area contributed by atoms with Crippen molar-refractivity contribution in [2.75, 3.05) is 79.7 Å². The maximum atomic E-state index is 14.5. The molecule has 0 radical (unpaired) electrons. The standard InChI is InChI=1S/C66H128N2O21Si6/c1-23-55(69)78-39-40-79-57(71)43-53-44-62(2,3)49-65(7,45-53)50-67-58(72)84-51-66(30-24-41-94(21,86-90(9,10)11)87-91(12,13)14,31-25-42-95(22,88-92(15,16)17)89-93(18,19)20)52-85-59(73)68-54-46-63(4,5)48-64(6,47-54)32-29-56(70)77-34-27-36-81-61(75)83-38-28-37-82-60(74)80-35-26-33-76-8/h23,53-54H,1,24-52H2,2-22H3,(H,67,72)(H,68,73). The van der Waals surface area contributed by atoms with Crippen LogP contribution in [0.2, 0.25) is 104 Å². The van der Waals surface area contributed by atoms with Crippen molar-refractivity contribution in [1.82, 2.24) is 10.6 Å². The van der Waals surface area contributed by atoms with Crippen LogP contribution in [-0.4, -0.2) is 179 Å². The summed E-state index contributed by atoms with van der Waals surface area (Å²) in [6, 6.07) is 1.09. The maximum absolute atomic E-state index is 14.5. The van der Waals surface area contributed by atoms with E-state index in [9.17, 15) is 33.6 Å². The Kier molecular flexibility index (Phi) is 36.2. The van der Waals surface area contributed by atoms with Crippen molar-refractivity contribution in [3.8, 4) is 0 Å². The number of hydrogen-bond donors (Lipinski definition) is 2. The van der Waals surface area contributed by atoms with Crippen LogP contribution in [0.4, 0.5) is 19.2 Å². The highest BCUT2D eigenvalue weighted by Gasteiger charge is 2.47. The molecule has 0 aromatic heterocycles. The lowest BCUT2D eigenvalue weighted by molar-refractivity contribution is -0.151. The number of rotatable bonds is 44. The zero-order valence-electron chi connectivity index (χ0n) is 62.5. The quantitative estimate of drug-likeness (QED) is 0.0189. The molecule has 0 aliphatic heterocycles. The zero-order valence-corrected chi connectivity index (χ0v) is 68.5. The summed E-state index contributed by atoms with van der Waals surface area (Å²) in [5.41, 5.74) is -1.93. The molecule has 2 aliphatic rings. The molecule has 2 fully saturated rings. The zero-order chi connectivity index (χ0) is 72.2. The summed E-state index contributed by atoms with van der Waals surface area (Å²) in [6.07, 6.45) is 6.84. The van der Waals surface area contributed by atoms with Crippen LogP contribution < -0.4 is 10.6 Å². The molecular formula is C66H128N2O21Si6. The lowest BCUT2D eigenvalue weighted by Crippen LogP contribution is -2.53. The summed E-state index contributed by atoms with van der Waals surface area (Å²) in [7, 11) is -12.3. The van der Waals surface area contributed by atoms with Gasteiger partial charge in [-0.1, -0.05) is 61.0 Å². The minimum Gasteiger partial charge on any atom is -0.466 e. The van der Waals surface area contributed by atoms with Gasteiger partial charge in [-0.25, -0.2) is 24.0 Å². The Bertz CT molecular complexity index is 2330. The Morgan fingerprint density at radius 3 is 1.37 bits per heavy atom. The van der Waals surface area contributed by atoms with Crippen molar-refractivity contribution in [1.29, 1.82) is 0 Å². The molecule has 23 nitrogen and oxygen atoms in total. The van der Waals surface area contributed by atoms with Crippen LogP contribution in [-0.2, 0) is 78.2 Å². The first-order valence-corrected chi connectivity index (χ1v) is 53.1. The van der Waals surface area contributed by atoms with Crippen molar-refractivity contribution in [3.05, 3.63) is 12.7 Å². The van der Waals surface area contributed by atoms with Crippen molar-refractivity contribution < 1.29 is 97.4 Å². The van der Waals surface area contributed by atoms with E-state index in [-0.39, 0.29) is 131 Å². The van der Waals surface area contributed by atoms with E-state index in [1.807, 2.05) is 0 Å². The number of alkyl carbamates (subject to hydrolysis) is 2. The molecule has 0 spiro atoms. The van der Waals surface area contributed by atoms with Crippen LogP contribution in [0.5, 0.6) is 0 Å². The number of methoxy groups -OCH3 is 1. The average Bonchev–Trinajstić information content (AvgIpc) is 0.812. The Balaban J connectivity index is 2.37. The lowest BCUT2D eigenvalue weighted by atomic mass is 9.60. The molecule has 0 aromatic rings. The van der Waals surface area contributed by atoms with Gasteiger partial charge in [0.05, 0.1) is 33.0 Å². The molecule has 4 unspecified atom stereocenters. The van der Waals surface area contributed by atoms with Gasteiger partial charge in [-0.05, 0) is 189 Å². The molecule has 552 valence electrons. The highest BCUT2D eigenvalue weighted by molar-refractivity contribution is 6.88. The minimum absolute atomic E-state index is 0.00474. The highest BCUT2D eigenvalue weighted by Crippen LogP contribution is 2.50. The fraction of sp³-hybridized carbons (Fsp3) is 0.864. The first-order chi connectivity index (χ1) is 43.6. The molecule has 2 amide bonds. The van der Waals surface area contributed by atoms with Crippen LogP contribution in [0.15, 0.2) is 12.7 Å². The second-order valence-electron chi connectivity index (χ2n) is 33.1. The number of carbonyl (C=O) groups excluding carboxylic acids is 7. The summed E-state index contributed by atoms with van der Waals surface area (Å²) < 4.78 is 81.7. The molecule has 0 heterocycles. The van der Waals surface area contributed by atoms with Crippen molar-refractivity contribution >= 4 is 92.8 Å². The van der Waals surface area contributed by atoms with Crippen LogP contribution in [0.3, 0.4) is 0 Å². The fourth-order valence-corrected chi connectivity index (χ4v) is 39.3. The molecule has 95 heavy (non-hydrogen) atoms. The Labute approximate surface area is 577 Å². The number of ether oxygens (including phenoxy) is 10. The van der Waals surface area contributed by atoms with Gasteiger partial charge in [0.15, 0.2) is 33.3 Å². The molecule has 2 aliphatic carbocycles. The van der Waals surface area contributed by atoms with E-state index in [1.165, 1.54) is 0 Å². The van der Waals surface area contributed by atoms with E-state index in [4.69, 9.17) is 63.8 Å². The molecule has 2 saturated carbocycles. The smallest absolute Gasteiger partial charge is 0.466 e. The third-order valence-corrected chi connectivity index (χ3v) is 35.3. The first kappa shape index (κ1) is 87.4. The molecular weight excluding hydrogens is 1330 g/mol. The summed E-state index contributed by atoms with van der Waals surface area (Å²) in [4.78, 5) is 90.2. The number of nitrogens with one attached hydrogen (secondary N) is 2. The van der Waals surface area contributed by atoms with Crippen molar-refractivity contribution in [2.45, 2.75) is 254 Å². The minimum atomic E-state index is -2.76. The third kappa shape index (κ3) is 40.9. The number of esters is 3. The van der Waals surface area contributed by atoms with Gasteiger partial charge in [-0.3, -0.25) is 9.59 Å². The fourth-order valence-electron chi connectivity index (χ4n) is 14.2. The molecule has 2 rings (SSSR count). The molecule has 2 N–H and O–H groups in total. The topological polar surface area (TPSA) is 273 Å². The van der Waals surface area contributed by atoms with E-state index < -0.39 is 86.3 Å². The van der Waals surface area contributed by atoms with E-state index in [2.05, 4.69) is 150 Å². The Hall–Kier alpha value is -3.67. The lowest BCUT2D eigenvalue weighted by Gasteiger charge is -2.47. The predicted octanol–water partition coefficient (Wildman–Crippen LogP) is 15.1. The molecule has 0 bridgehead atoms. The number of hydrogen-bond acceptors (Lipinski definition) is 21. The van der Waals surface area contributed by atoms with Gasteiger partial charge in [-0.15, -0.1) is 0 Å². The molecule has 4 atom stereocenters. The Morgan fingerprint density at radius 2 is 0.905 bits per heavy atom. The third-order valence-electron chi connectivity index (χ3n) is 16.1. The second-order valence-corrected chi connectivity index (χ2v) is 58.8. The number of carbonyl (C=O) groups is 7. The van der Waals surface area contributed by atoms with E-state index in [1.54, 1.807) is 7.11 Å². The Morgan fingerprint density at radius 1 is 0.484 bits per heavy atom. The molecule has 29 heteroatoms. The van der Waals surface area contributed by atoms with Crippen molar-refractivity contribution in [3.63, 3.8) is 0 Å². The van der Waals surface area contributed by atoms with Gasteiger partial charge in [-0.2, -0.15) is 0 Å². The molecule has 0 saturated heterocycles. The van der Waals surface area contributed by atoms with Crippen LogP contribution in [0, 0.1) is 33.0 Å². The highest BCUT2D eigenvalue weighted by atomic mass is 28.5. The summed E-state index contributed by atoms with van der Waals surface area (Å²) in [6.45, 7) is 47.7. The van der Waals surface area contributed by atoms with Gasteiger partial charge in [0.2, 0.25) is 0 Å².